The van der Waals surface area contributed by atoms with Crippen LogP contribution in [0.5, 0.6) is 0 Å². The first kappa shape index (κ1) is 15.9. The van der Waals surface area contributed by atoms with Crippen molar-refractivity contribution in [2.75, 3.05) is 13.1 Å². The van der Waals surface area contributed by atoms with Gasteiger partial charge in [-0.15, -0.1) is 0 Å². The van der Waals surface area contributed by atoms with Gasteiger partial charge in [0.25, 0.3) is 0 Å². The Labute approximate surface area is 145 Å². The van der Waals surface area contributed by atoms with E-state index in [4.69, 9.17) is 0 Å². The number of benzene rings is 2. The highest BCUT2D eigenvalue weighted by Crippen LogP contribution is 2.45. The summed E-state index contributed by atoms with van der Waals surface area (Å²) in [5.74, 6) is 0.261. The molecule has 2 saturated heterocycles. The molecular weight excluding hydrogens is 294 g/mol. The predicted molar refractivity (Wildman–Crippen MR) is 97.8 cm³/mol. The maximum absolute atomic E-state index is 12.1. The molecule has 0 spiro atoms. The van der Waals surface area contributed by atoms with Crippen LogP contribution in [0.4, 0.5) is 0 Å². The third kappa shape index (κ3) is 2.68. The Morgan fingerprint density at radius 3 is 1.96 bits per heavy atom. The van der Waals surface area contributed by atoms with Crippen LogP contribution in [0.2, 0.25) is 0 Å². The van der Waals surface area contributed by atoms with Crippen molar-refractivity contribution in [1.29, 1.82) is 0 Å². The van der Waals surface area contributed by atoms with E-state index in [1.54, 1.807) is 0 Å². The molecule has 2 nitrogen and oxygen atoms in total. The summed E-state index contributed by atoms with van der Waals surface area (Å²) in [5.41, 5.74) is 1.17. The van der Waals surface area contributed by atoms with E-state index in [0.29, 0.717) is 6.04 Å². The smallest absolute Gasteiger partial charge is 0.119 e. The van der Waals surface area contributed by atoms with E-state index >= 15 is 0 Å². The molecule has 1 N–H and O–H groups in total. The molecule has 2 aliphatic heterocycles. The normalized spacial score (nSPS) is 25.2. The first-order chi connectivity index (χ1) is 11.8. The molecule has 2 aromatic carbocycles. The molecule has 2 fully saturated rings. The van der Waals surface area contributed by atoms with Crippen LogP contribution in [0.25, 0.3) is 0 Å². The molecule has 24 heavy (non-hydrogen) atoms. The van der Waals surface area contributed by atoms with Crippen LogP contribution in [0.15, 0.2) is 60.7 Å². The van der Waals surface area contributed by atoms with Crippen molar-refractivity contribution in [3.8, 4) is 0 Å². The van der Waals surface area contributed by atoms with Gasteiger partial charge in [0.15, 0.2) is 0 Å². The van der Waals surface area contributed by atoms with Crippen LogP contribution < -0.4 is 0 Å². The van der Waals surface area contributed by atoms with Gasteiger partial charge in [0.05, 0.1) is 0 Å². The van der Waals surface area contributed by atoms with Crippen molar-refractivity contribution in [2.45, 2.75) is 43.7 Å². The van der Waals surface area contributed by atoms with Crippen LogP contribution in [-0.4, -0.2) is 29.1 Å². The Balaban J connectivity index is 1.81. The largest absolute Gasteiger partial charge is 0.380 e. The molecule has 0 amide bonds. The summed E-state index contributed by atoms with van der Waals surface area (Å²) >= 11 is 0. The number of aliphatic hydroxyl groups is 1. The van der Waals surface area contributed by atoms with Crippen LogP contribution in [0.1, 0.15) is 43.2 Å². The van der Waals surface area contributed by atoms with E-state index in [-0.39, 0.29) is 5.92 Å². The SMILES string of the molecule is OC(c1ccccc1)(c1ccccc1)C1CCCN2CCCCC12. The third-order valence-corrected chi connectivity index (χ3v) is 6.05. The van der Waals surface area contributed by atoms with Gasteiger partial charge in [-0.25, -0.2) is 0 Å². The van der Waals surface area contributed by atoms with Gasteiger partial charge < -0.3 is 5.11 Å². The quantitative estimate of drug-likeness (QED) is 0.916. The van der Waals surface area contributed by atoms with Gasteiger partial charge in [0.1, 0.15) is 5.60 Å². The number of rotatable bonds is 3. The van der Waals surface area contributed by atoms with Gasteiger partial charge in [-0.3, -0.25) is 4.90 Å². The van der Waals surface area contributed by atoms with E-state index in [2.05, 4.69) is 29.2 Å². The number of hydrogen-bond donors (Lipinski definition) is 1. The summed E-state index contributed by atoms with van der Waals surface area (Å²) in [4.78, 5) is 2.63. The van der Waals surface area contributed by atoms with Gasteiger partial charge in [0, 0.05) is 12.0 Å². The first-order valence-electron chi connectivity index (χ1n) is 9.37. The van der Waals surface area contributed by atoms with Gasteiger partial charge in [-0.1, -0.05) is 67.1 Å². The molecule has 0 aromatic heterocycles. The summed E-state index contributed by atoms with van der Waals surface area (Å²) in [5, 5.41) is 12.1. The topological polar surface area (TPSA) is 23.5 Å². The lowest BCUT2D eigenvalue weighted by Crippen LogP contribution is -2.55. The zero-order valence-corrected chi connectivity index (χ0v) is 14.3. The Morgan fingerprint density at radius 1 is 0.750 bits per heavy atom. The highest BCUT2D eigenvalue weighted by atomic mass is 16.3. The molecule has 2 aromatic rings. The van der Waals surface area contributed by atoms with Gasteiger partial charge >= 0.3 is 0 Å². The standard InChI is InChI=1S/C22H27NO/c24-22(18-10-3-1-4-11-18,19-12-5-2-6-13-19)20-14-9-17-23-16-8-7-15-21(20)23/h1-6,10-13,20-21,24H,7-9,14-17H2. The molecule has 2 heterocycles. The summed E-state index contributed by atoms with van der Waals surface area (Å²) in [7, 11) is 0. The molecule has 2 unspecified atom stereocenters. The Bertz CT molecular complexity index is 613. The zero-order chi connectivity index (χ0) is 16.4. The molecule has 0 bridgehead atoms. The fourth-order valence-electron chi connectivity index (χ4n) is 4.92. The predicted octanol–water partition coefficient (Wildman–Crippen LogP) is 4.19. The van der Waals surface area contributed by atoms with Crippen molar-refractivity contribution in [3.05, 3.63) is 71.8 Å². The molecule has 4 rings (SSSR count). The average Bonchev–Trinajstić information content (AvgIpc) is 2.68. The van der Waals surface area contributed by atoms with Crippen molar-refractivity contribution in [2.24, 2.45) is 5.92 Å². The van der Waals surface area contributed by atoms with E-state index in [1.807, 2.05) is 36.4 Å². The first-order valence-corrected chi connectivity index (χ1v) is 9.37. The fourth-order valence-corrected chi connectivity index (χ4v) is 4.92. The molecule has 126 valence electrons. The van der Waals surface area contributed by atoms with Crippen molar-refractivity contribution >= 4 is 0 Å². The average molecular weight is 321 g/mol. The Hall–Kier alpha value is -1.64. The molecule has 0 aliphatic carbocycles. The van der Waals surface area contributed by atoms with Crippen molar-refractivity contribution in [1.82, 2.24) is 4.90 Å². The lowest BCUT2D eigenvalue weighted by Gasteiger charge is -2.50. The number of hydrogen-bond acceptors (Lipinski definition) is 2. The highest BCUT2D eigenvalue weighted by Gasteiger charge is 2.47. The van der Waals surface area contributed by atoms with Gasteiger partial charge in [-0.05, 0) is 49.9 Å². The number of piperidine rings is 2. The minimum atomic E-state index is -0.900. The summed E-state index contributed by atoms with van der Waals surface area (Å²) in [6.45, 7) is 2.39. The number of nitrogens with zero attached hydrogens (tertiary/aromatic N) is 1. The molecule has 0 radical (unpaired) electrons. The van der Waals surface area contributed by atoms with Crippen LogP contribution in [0, 0.1) is 5.92 Å². The lowest BCUT2D eigenvalue weighted by atomic mass is 9.67. The molecule has 0 saturated carbocycles. The zero-order valence-electron chi connectivity index (χ0n) is 14.3. The van der Waals surface area contributed by atoms with Gasteiger partial charge in [0.2, 0.25) is 0 Å². The molecule has 2 aliphatic rings. The van der Waals surface area contributed by atoms with Crippen molar-refractivity contribution < 1.29 is 5.11 Å². The van der Waals surface area contributed by atoms with E-state index in [9.17, 15) is 5.11 Å². The van der Waals surface area contributed by atoms with Crippen LogP contribution in [0.3, 0.4) is 0 Å². The highest BCUT2D eigenvalue weighted by molar-refractivity contribution is 5.37. The second-order valence-corrected chi connectivity index (χ2v) is 7.35. The maximum Gasteiger partial charge on any atom is 0.119 e. The van der Waals surface area contributed by atoms with E-state index in [1.165, 1.54) is 38.8 Å². The fraction of sp³-hybridized carbons (Fsp3) is 0.455. The molecular formula is C22H27NO. The Morgan fingerprint density at radius 2 is 1.33 bits per heavy atom. The third-order valence-electron chi connectivity index (χ3n) is 6.05. The van der Waals surface area contributed by atoms with Crippen LogP contribution in [-0.2, 0) is 5.60 Å². The minimum absolute atomic E-state index is 0.261. The maximum atomic E-state index is 12.1. The van der Waals surface area contributed by atoms with E-state index < -0.39 is 5.60 Å². The van der Waals surface area contributed by atoms with E-state index in [0.717, 1.165) is 17.5 Å². The van der Waals surface area contributed by atoms with Crippen molar-refractivity contribution in [3.63, 3.8) is 0 Å². The molecule has 2 heteroatoms. The Kier molecular flexibility index (Phi) is 4.43. The molecule has 2 atom stereocenters. The van der Waals surface area contributed by atoms with Crippen LogP contribution >= 0.6 is 0 Å². The monoisotopic (exact) mass is 321 g/mol. The second-order valence-electron chi connectivity index (χ2n) is 7.35. The lowest BCUT2D eigenvalue weighted by molar-refractivity contribution is -0.0639. The summed E-state index contributed by atoms with van der Waals surface area (Å²) < 4.78 is 0. The van der Waals surface area contributed by atoms with Gasteiger partial charge in [-0.2, -0.15) is 0 Å². The number of fused-ring (bicyclic) bond motifs is 1. The summed E-state index contributed by atoms with van der Waals surface area (Å²) in [6.07, 6.45) is 6.09. The second kappa shape index (κ2) is 6.70. The summed E-state index contributed by atoms with van der Waals surface area (Å²) in [6, 6.07) is 21.1. The minimum Gasteiger partial charge on any atom is -0.380 e.